The molecule has 1 aliphatic rings. The van der Waals surface area contributed by atoms with Crippen molar-refractivity contribution in [2.45, 2.75) is 4.90 Å². The van der Waals surface area contributed by atoms with Crippen LogP contribution in [-0.2, 0) is 17.2 Å². The van der Waals surface area contributed by atoms with Gasteiger partial charge in [-0.25, -0.2) is 13.0 Å². The van der Waals surface area contributed by atoms with Gasteiger partial charge in [0.25, 0.3) is 0 Å². The Labute approximate surface area is 162 Å². The number of rotatable bonds is 4. The first-order valence-electron chi connectivity index (χ1n) is 8.49. The number of aryl methyl sites for hydroxylation is 1. The van der Waals surface area contributed by atoms with Gasteiger partial charge in [0.1, 0.15) is 7.05 Å². The second-order valence-electron chi connectivity index (χ2n) is 6.36. The van der Waals surface area contributed by atoms with Gasteiger partial charge in [-0.1, -0.05) is 36.0 Å². The highest BCUT2D eigenvalue weighted by Crippen LogP contribution is 2.46. The van der Waals surface area contributed by atoms with E-state index in [4.69, 9.17) is 0 Å². The van der Waals surface area contributed by atoms with Crippen LogP contribution in [0.2, 0.25) is 0 Å². The van der Waals surface area contributed by atoms with Gasteiger partial charge in [-0.2, -0.15) is 0 Å². The summed E-state index contributed by atoms with van der Waals surface area (Å²) in [5, 5.41) is 2.03. The van der Waals surface area contributed by atoms with Crippen molar-refractivity contribution in [1.82, 2.24) is 0 Å². The molecular weight excluding hydrogens is 380 g/mol. The van der Waals surface area contributed by atoms with Gasteiger partial charge in [-0.15, -0.1) is 0 Å². The maximum absolute atomic E-state index is 11.2. The van der Waals surface area contributed by atoms with Crippen LogP contribution in [0.3, 0.4) is 0 Å². The highest BCUT2D eigenvalue weighted by Gasteiger charge is 2.25. The highest BCUT2D eigenvalue weighted by molar-refractivity contribution is 8.03. The fraction of sp³-hybridized carbons (Fsp3) is 0.150. The maximum Gasteiger partial charge on any atom is 0.212 e. The van der Waals surface area contributed by atoms with Crippen LogP contribution in [0, 0.1) is 0 Å². The molecule has 3 aromatic rings. The number of pyridine rings is 1. The summed E-state index contributed by atoms with van der Waals surface area (Å²) in [7, 11) is -2.28. The lowest BCUT2D eigenvalue weighted by atomic mass is 10.1. The van der Waals surface area contributed by atoms with Gasteiger partial charge in [-0.3, -0.25) is 0 Å². The van der Waals surface area contributed by atoms with Crippen molar-refractivity contribution in [1.29, 1.82) is 0 Å². The molecule has 4 rings (SSSR count). The summed E-state index contributed by atoms with van der Waals surface area (Å²) in [6.45, 7) is 0.139. The molecule has 5 nitrogen and oxygen atoms in total. The van der Waals surface area contributed by atoms with Gasteiger partial charge < -0.3 is 9.45 Å². The first-order chi connectivity index (χ1) is 12.9. The zero-order chi connectivity index (χ0) is 19.0. The predicted molar refractivity (Wildman–Crippen MR) is 107 cm³/mol. The van der Waals surface area contributed by atoms with E-state index in [9.17, 15) is 13.0 Å². The number of anilines is 1. The summed E-state index contributed by atoms with van der Waals surface area (Å²) in [5.41, 5.74) is 3.10. The van der Waals surface area contributed by atoms with Gasteiger partial charge >= 0.3 is 0 Å². The number of hydrogen-bond donors (Lipinski definition) is 0. The number of para-hydroxylation sites is 2. The average Bonchev–Trinajstić information content (AvgIpc) is 2.99. The van der Waals surface area contributed by atoms with Crippen molar-refractivity contribution < 1.29 is 17.5 Å². The van der Waals surface area contributed by atoms with E-state index in [2.05, 4.69) is 22.8 Å². The van der Waals surface area contributed by atoms with Crippen LogP contribution in [0.4, 0.5) is 5.69 Å². The van der Waals surface area contributed by atoms with E-state index in [1.54, 1.807) is 11.8 Å². The lowest BCUT2D eigenvalue weighted by Gasteiger charge is -2.21. The van der Waals surface area contributed by atoms with Crippen molar-refractivity contribution in [2.24, 2.45) is 7.05 Å². The largest absolute Gasteiger partial charge is 0.748 e. The van der Waals surface area contributed by atoms with Gasteiger partial charge in [0.05, 0.1) is 32.0 Å². The Bertz CT molecular complexity index is 1160. The standard InChI is InChI=1S/C20H18N2O3S2/c1-21-11-10-15(16-6-2-3-7-17(16)21)14-20-22(12-13-27(23,24)25)18-8-4-5-9-19(18)26-20/h2-11,14H,12-13H2,1H3. The van der Waals surface area contributed by atoms with Crippen LogP contribution in [0.1, 0.15) is 5.56 Å². The van der Waals surface area contributed by atoms with Crippen LogP contribution < -0.4 is 9.47 Å². The molecule has 0 spiro atoms. The third-order valence-electron chi connectivity index (χ3n) is 4.55. The lowest BCUT2D eigenvalue weighted by molar-refractivity contribution is -0.644. The van der Waals surface area contributed by atoms with E-state index < -0.39 is 15.9 Å². The molecule has 1 aliphatic heterocycles. The van der Waals surface area contributed by atoms with Crippen LogP contribution in [-0.4, -0.2) is 25.3 Å². The summed E-state index contributed by atoms with van der Waals surface area (Å²) in [6, 6.07) is 18.0. The van der Waals surface area contributed by atoms with Gasteiger partial charge in [0.15, 0.2) is 6.20 Å². The molecule has 138 valence electrons. The van der Waals surface area contributed by atoms with E-state index in [1.165, 1.54) is 0 Å². The molecule has 0 amide bonds. The summed E-state index contributed by atoms with van der Waals surface area (Å²) in [6.07, 6.45) is 4.07. The Morgan fingerprint density at radius 3 is 2.67 bits per heavy atom. The molecule has 2 aromatic carbocycles. The Balaban J connectivity index is 1.79. The number of nitrogens with zero attached hydrogens (tertiary/aromatic N) is 2. The minimum absolute atomic E-state index is 0.139. The molecule has 0 fully saturated rings. The molecule has 0 saturated heterocycles. The Morgan fingerprint density at radius 1 is 1.11 bits per heavy atom. The molecule has 27 heavy (non-hydrogen) atoms. The third-order valence-corrected chi connectivity index (χ3v) is 6.35. The first kappa shape index (κ1) is 18.0. The molecule has 2 heterocycles. The number of hydrogen-bond acceptors (Lipinski definition) is 5. The smallest absolute Gasteiger partial charge is 0.212 e. The number of aromatic nitrogens is 1. The summed E-state index contributed by atoms with van der Waals surface area (Å²) in [5.74, 6) is -0.427. The lowest BCUT2D eigenvalue weighted by Crippen LogP contribution is -2.28. The Morgan fingerprint density at radius 2 is 1.85 bits per heavy atom. The molecule has 0 aliphatic carbocycles. The average molecular weight is 399 g/mol. The number of benzene rings is 2. The van der Waals surface area contributed by atoms with Crippen molar-refractivity contribution in [3.8, 4) is 0 Å². The van der Waals surface area contributed by atoms with Gasteiger partial charge in [0, 0.05) is 23.6 Å². The molecule has 0 N–H and O–H groups in total. The molecule has 0 atom stereocenters. The zero-order valence-corrected chi connectivity index (χ0v) is 16.3. The third kappa shape index (κ3) is 3.71. The van der Waals surface area contributed by atoms with E-state index in [0.29, 0.717) is 0 Å². The summed E-state index contributed by atoms with van der Waals surface area (Å²) in [4.78, 5) is 2.97. The monoisotopic (exact) mass is 398 g/mol. The topological polar surface area (TPSA) is 64.3 Å². The SMILES string of the molecule is C[n+]1ccc(C=C2Sc3ccccc3N2CCS(=O)(=O)[O-])c2ccccc21. The zero-order valence-electron chi connectivity index (χ0n) is 14.7. The van der Waals surface area contributed by atoms with Crippen molar-refractivity contribution in [3.63, 3.8) is 0 Å². The Kier molecular flexibility index (Phi) is 4.67. The normalized spacial score (nSPS) is 15.5. The minimum Gasteiger partial charge on any atom is -0.748 e. The fourth-order valence-corrected chi connectivity index (χ4v) is 4.79. The molecule has 0 bridgehead atoms. The van der Waals surface area contributed by atoms with Crippen molar-refractivity contribution >= 4 is 44.5 Å². The van der Waals surface area contributed by atoms with E-state index in [0.717, 1.165) is 32.1 Å². The number of fused-ring (bicyclic) bond motifs is 2. The van der Waals surface area contributed by atoms with Crippen molar-refractivity contribution in [3.05, 3.63) is 71.4 Å². The number of thioether (sulfide) groups is 1. The van der Waals surface area contributed by atoms with Crippen LogP contribution in [0.5, 0.6) is 0 Å². The maximum atomic E-state index is 11.2. The van der Waals surface area contributed by atoms with Crippen LogP contribution in [0.25, 0.3) is 17.0 Å². The van der Waals surface area contributed by atoms with Gasteiger partial charge in [-0.05, 0) is 29.8 Å². The molecule has 1 aromatic heterocycles. The second kappa shape index (κ2) is 6.99. The van der Waals surface area contributed by atoms with E-state index in [1.807, 2.05) is 60.6 Å². The molecule has 0 saturated carbocycles. The van der Waals surface area contributed by atoms with E-state index in [-0.39, 0.29) is 6.54 Å². The quantitative estimate of drug-likeness (QED) is 0.499. The molecule has 0 radical (unpaired) electrons. The van der Waals surface area contributed by atoms with E-state index >= 15 is 0 Å². The molecular formula is C20H18N2O3S2. The van der Waals surface area contributed by atoms with Crippen molar-refractivity contribution in [2.75, 3.05) is 17.2 Å². The first-order valence-corrected chi connectivity index (χ1v) is 10.9. The van der Waals surface area contributed by atoms with Crippen LogP contribution >= 0.6 is 11.8 Å². The fourth-order valence-electron chi connectivity index (χ4n) is 3.24. The second-order valence-corrected chi connectivity index (χ2v) is 8.95. The van der Waals surface area contributed by atoms with Crippen LogP contribution in [0.15, 0.2) is 70.7 Å². The predicted octanol–water partition coefficient (Wildman–Crippen LogP) is 3.12. The summed E-state index contributed by atoms with van der Waals surface area (Å²) >= 11 is 1.59. The van der Waals surface area contributed by atoms with Gasteiger partial charge in [0.2, 0.25) is 5.52 Å². The molecule has 7 heteroatoms. The molecule has 0 unspecified atom stereocenters. The Hall–Kier alpha value is -2.35. The summed E-state index contributed by atoms with van der Waals surface area (Å²) < 4.78 is 35.6. The highest BCUT2D eigenvalue weighted by atomic mass is 32.2. The minimum atomic E-state index is -4.28.